The molecule has 0 bridgehead atoms. The van der Waals surface area contributed by atoms with Crippen LogP contribution < -0.4 is 15.6 Å². The monoisotopic (exact) mass is 412 g/mol. The van der Waals surface area contributed by atoms with E-state index in [0.717, 1.165) is 48.7 Å². The highest BCUT2D eigenvalue weighted by molar-refractivity contribution is 5.30. The van der Waals surface area contributed by atoms with Crippen molar-refractivity contribution in [3.05, 3.63) is 51.4 Å². The molecule has 0 unspecified atom stereocenters. The number of ether oxygens (including phenoxy) is 1. The topological polar surface area (TPSA) is 70.2 Å². The lowest BCUT2D eigenvalue weighted by molar-refractivity contribution is 0.185. The lowest BCUT2D eigenvalue weighted by atomic mass is 9.99. The van der Waals surface area contributed by atoms with Gasteiger partial charge in [0.2, 0.25) is 5.95 Å². The Bertz CT molecular complexity index is 857. The van der Waals surface area contributed by atoms with E-state index >= 15 is 0 Å². The van der Waals surface area contributed by atoms with Crippen molar-refractivity contribution < 1.29 is 4.74 Å². The van der Waals surface area contributed by atoms with Gasteiger partial charge in [0.15, 0.2) is 0 Å². The van der Waals surface area contributed by atoms with Crippen LogP contribution in [-0.4, -0.2) is 41.1 Å². The molecule has 0 spiro atoms. The molecule has 6 nitrogen and oxygen atoms in total. The van der Waals surface area contributed by atoms with Crippen molar-refractivity contribution in [1.29, 1.82) is 0 Å². The Morgan fingerprint density at radius 2 is 2.10 bits per heavy atom. The van der Waals surface area contributed by atoms with Gasteiger partial charge in [0.1, 0.15) is 5.75 Å². The van der Waals surface area contributed by atoms with Crippen LogP contribution >= 0.6 is 0 Å². The van der Waals surface area contributed by atoms with Gasteiger partial charge in [-0.1, -0.05) is 32.4 Å². The van der Waals surface area contributed by atoms with Gasteiger partial charge in [-0.2, -0.15) is 0 Å². The second kappa shape index (κ2) is 11.2. The maximum atomic E-state index is 12.2. The van der Waals surface area contributed by atoms with E-state index in [4.69, 9.17) is 4.74 Å². The summed E-state index contributed by atoms with van der Waals surface area (Å²) >= 11 is 0. The standard InChI is InChI=1S/C24H36N4O2/c1-4-7-22-19(3)26-24(27-23(22)29)25-12-6-15-30-21-9-5-8-20(16-21)17-28-13-10-18(2)11-14-28/h5,8-9,16,18H,4,6-7,10-15,17H2,1-3H3,(H2,25,26,27,29). The number of aromatic amines is 1. The third kappa shape index (κ3) is 6.59. The molecule has 164 valence electrons. The van der Waals surface area contributed by atoms with Crippen LogP contribution in [0.4, 0.5) is 5.95 Å². The number of anilines is 1. The summed E-state index contributed by atoms with van der Waals surface area (Å²) in [6.07, 6.45) is 5.12. The summed E-state index contributed by atoms with van der Waals surface area (Å²) in [4.78, 5) is 22.0. The van der Waals surface area contributed by atoms with Gasteiger partial charge in [-0.25, -0.2) is 4.98 Å². The molecule has 1 aromatic heterocycles. The normalized spacial score (nSPS) is 15.3. The van der Waals surface area contributed by atoms with Crippen LogP contribution in [0.25, 0.3) is 0 Å². The molecule has 1 aliphatic rings. The summed E-state index contributed by atoms with van der Waals surface area (Å²) in [5, 5.41) is 3.20. The number of aromatic nitrogens is 2. The molecule has 2 heterocycles. The fraction of sp³-hybridized carbons (Fsp3) is 0.583. The van der Waals surface area contributed by atoms with Gasteiger partial charge >= 0.3 is 0 Å². The maximum Gasteiger partial charge on any atom is 0.255 e. The van der Waals surface area contributed by atoms with Crippen LogP contribution in [0.2, 0.25) is 0 Å². The first-order chi connectivity index (χ1) is 14.5. The summed E-state index contributed by atoms with van der Waals surface area (Å²) in [7, 11) is 0. The van der Waals surface area contributed by atoms with Crippen LogP contribution in [0.1, 0.15) is 56.4 Å². The number of piperidine rings is 1. The van der Waals surface area contributed by atoms with Crippen molar-refractivity contribution in [3.8, 4) is 5.75 Å². The van der Waals surface area contributed by atoms with Crippen LogP contribution in [0.5, 0.6) is 5.75 Å². The zero-order valence-electron chi connectivity index (χ0n) is 18.7. The molecular formula is C24H36N4O2. The number of benzene rings is 1. The Labute approximate surface area is 180 Å². The van der Waals surface area contributed by atoms with E-state index < -0.39 is 0 Å². The minimum absolute atomic E-state index is 0.0388. The van der Waals surface area contributed by atoms with Crippen molar-refractivity contribution >= 4 is 5.95 Å². The summed E-state index contributed by atoms with van der Waals surface area (Å²) in [5.74, 6) is 2.31. The summed E-state index contributed by atoms with van der Waals surface area (Å²) in [6.45, 7) is 11.0. The highest BCUT2D eigenvalue weighted by Crippen LogP contribution is 2.20. The van der Waals surface area contributed by atoms with Gasteiger partial charge in [0, 0.05) is 24.3 Å². The molecule has 0 amide bonds. The number of rotatable bonds is 10. The Balaban J connectivity index is 1.41. The molecular weight excluding hydrogens is 376 g/mol. The molecule has 0 aliphatic carbocycles. The number of aryl methyl sites for hydroxylation is 1. The van der Waals surface area contributed by atoms with Crippen LogP contribution in [0.15, 0.2) is 29.1 Å². The summed E-state index contributed by atoms with van der Waals surface area (Å²) in [6, 6.07) is 8.42. The van der Waals surface area contributed by atoms with E-state index in [2.05, 4.69) is 52.2 Å². The first kappa shape index (κ1) is 22.3. The molecule has 1 fully saturated rings. The molecule has 0 saturated carbocycles. The predicted octanol–water partition coefficient (Wildman–Crippen LogP) is 4.14. The summed E-state index contributed by atoms with van der Waals surface area (Å²) in [5.41, 5.74) is 2.86. The lowest BCUT2D eigenvalue weighted by Gasteiger charge is -2.30. The van der Waals surface area contributed by atoms with Crippen LogP contribution in [0, 0.1) is 12.8 Å². The molecule has 2 N–H and O–H groups in total. The molecule has 1 aromatic carbocycles. The average molecular weight is 413 g/mol. The molecule has 0 radical (unpaired) electrons. The number of likely N-dealkylation sites (tertiary alicyclic amines) is 1. The highest BCUT2D eigenvalue weighted by Gasteiger charge is 2.15. The second-order valence-electron chi connectivity index (χ2n) is 8.46. The minimum Gasteiger partial charge on any atom is -0.494 e. The van der Waals surface area contributed by atoms with Gasteiger partial charge in [-0.05, 0) is 69.3 Å². The number of hydrogen-bond donors (Lipinski definition) is 2. The van der Waals surface area contributed by atoms with Crippen molar-refractivity contribution in [2.45, 2.75) is 59.4 Å². The third-order valence-corrected chi connectivity index (χ3v) is 5.79. The molecule has 30 heavy (non-hydrogen) atoms. The molecule has 1 aliphatic heterocycles. The van der Waals surface area contributed by atoms with Gasteiger partial charge < -0.3 is 10.1 Å². The maximum absolute atomic E-state index is 12.2. The first-order valence-corrected chi connectivity index (χ1v) is 11.3. The zero-order chi connectivity index (χ0) is 21.3. The average Bonchev–Trinajstić information content (AvgIpc) is 2.72. The fourth-order valence-electron chi connectivity index (χ4n) is 3.92. The summed E-state index contributed by atoms with van der Waals surface area (Å²) < 4.78 is 5.94. The quantitative estimate of drug-likeness (QED) is 0.574. The first-order valence-electron chi connectivity index (χ1n) is 11.3. The van der Waals surface area contributed by atoms with E-state index in [0.29, 0.717) is 19.1 Å². The second-order valence-corrected chi connectivity index (χ2v) is 8.46. The smallest absolute Gasteiger partial charge is 0.255 e. The highest BCUT2D eigenvalue weighted by atomic mass is 16.5. The van der Waals surface area contributed by atoms with E-state index in [1.165, 1.54) is 31.5 Å². The SMILES string of the molecule is CCCc1c(C)nc(NCCCOc2cccc(CN3CCC(C)CC3)c2)[nH]c1=O. The van der Waals surface area contributed by atoms with Gasteiger partial charge in [0.05, 0.1) is 6.61 Å². The van der Waals surface area contributed by atoms with Crippen molar-refractivity contribution in [1.82, 2.24) is 14.9 Å². The third-order valence-electron chi connectivity index (χ3n) is 5.79. The van der Waals surface area contributed by atoms with Crippen molar-refractivity contribution in [2.24, 2.45) is 5.92 Å². The molecule has 2 aromatic rings. The van der Waals surface area contributed by atoms with Gasteiger partial charge in [-0.15, -0.1) is 0 Å². The van der Waals surface area contributed by atoms with Crippen LogP contribution in [-0.2, 0) is 13.0 Å². The number of hydrogen-bond acceptors (Lipinski definition) is 5. The predicted molar refractivity (Wildman–Crippen MR) is 122 cm³/mol. The Hall–Kier alpha value is -2.34. The van der Waals surface area contributed by atoms with E-state index in [9.17, 15) is 4.79 Å². The molecule has 6 heteroatoms. The number of nitrogens with one attached hydrogen (secondary N) is 2. The van der Waals surface area contributed by atoms with Crippen molar-refractivity contribution in [2.75, 3.05) is 31.6 Å². The number of H-pyrrole nitrogens is 1. The largest absolute Gasteiger partial charge is 0.494 e. The van der Waals surface area contributed by atoms with E-state index in [-0.39, 0.29) is 5.56 Å². The van der Waals surface area contributed by atoms with Crippen molar-refractivity contribution in [3.63, 3.8) is 0 Å². The Morgan fingerprint density at radius 1 is 1.30 bits per heavy atom. The zero-order valence-corrected chi connectivity index (χ0v) is 18.7. The minimum atomic E-state index is -0.0388. The Kier molecular flexibility index (Phi) is 8.31. The molecule has 3 rings (SSSR count). The Morgan fingerprint density at radius 3 is 2.83 bits per heavy atom. The van der Waals surface area contributed by atoms with Crippen LogP contribution in [0.3, 0.4) is 0 Å². The molecule has 0 atom stereocenters. The fourth-order valence-corrected chi connectivity index (χ4v) is 3.92. The van der Waals surface area contributed by atoms with E-state index in [1.807, 2.05) is 13.0 Å². The number of nitrogens with zero attached hydrogens (tertiary/aromatic N) is 2. The van der Waals surface area contributed by atoms with Gasteiger partial charge in [0.25, 0.3) is 5.56 Å². The lowest BCUT2D eigenvalue weighted by Crippen LogP contribution is -2.32. The molecule has 1 saturated heterocycles. The van der Waals surface area contributed by atoms with E-state index in [1.54, 1.807) is 0 Å². The van der Waals surface area contributed by atoms with Gasteiger partial charge in [-0.3, -0.25) is 14.7 Å².